The predicted octanol–water partition coefficient (Wildman–Crippen LogP) is 5.28. The van der Waals surface area contributed by atoms with Crippen molar-refractivity contribution < 1.29 is 17.9 Å². The van der Waals surface area contributed by atoms with Gasteiger partial charge in [0.15, 0.2) is 0 Å². The molecule has 0 amide bonds. The second kappa shape index (κ2) is 7.50. The maximum absolute atomic E-state index is 12.0. The standard InChI is InChI=1S/C16H20ClF3O/c17-15-13(8-4-10-21-11-16(18,19)20)7-3-6-12-5-1-2-9-14(12)15/h1-2,5,9,13,15H,3-4,6-8,10-11H2. The lowest BCUT2D eigenvalue weighted by molar-refractivity contribution is -0.174. The molecule has 0 saturated carbocycles. The van der Waals surface area contributed by atoms with Gasteiger partial charge < -0.3 is 4.74 Å². The molecule has 118 valence electrons. The van der Waals surface area contributed by atoms with E-state index >= 15 is 0 Å². The molecule has 5 heteroatoms. The lowest BCUT2D eigenvalue weighted by Gasteiger charge is -2.21. The predicted molar refractivity (Wildman–Crippen MR) is 77.6 cm³/mol. The van der Waals surface area contributed by atoms with Crippen LogP contribution in [0.3, 0.4) is 0 Å². The molecule has 21 heavy (non-hydrogen) atoms. The fourth-order valence-corrected chi connectivity index (χ4v) is 3.38. The zero-order valence-corrected chi connectivity index (χ0v) is 12.6. The van der Waals surface area contributed by atoms with E-state index in [1.807, 2.05) is 12.1 Å². The Hall–Kier alpha value is -0.740. The number of benzene rings is 1. The van der Waals surface area contributed by atoms with Crippen LogP contribution in [0, 0.1) is 5.92 Å². The number of rotatable bonds is 5. The van der Waals surface area contributed by atoms with Crippen LogP contribution in [-0.2, 0) is 11.2 Å². The second-order valence-corrected chi connectivity index (χ2v) is 6.03. The van der Waals surface area contributed by atoms with Crippen LogP contribution in [-0.4, -0.2) is 19.4 Å². The number of aryl methyl sites for hydroxylation is 1. The van der Waals surface area contributed by atoms with E-state index in [0.717, 1.165) is 25.7 Å². The summed E-state index contributed by atoms with van der Waals surface area (Å²) in [7, 11) is 0. The molecule has 0 saturated heterocycles. The molecule has 1 aliphatic rings. The first-order valence-corrected chi connectivity index (χ1v) is 7.77. The smallest absolute Gasteiger partial charge is 0.372 e. The highest BCUT2D eigenvalue weighted by Crippen LogP contribution is 2.40. The zero-order chi connectivity index (χ0) is 15.3. The van der Waals surface area contributed by atoms with Crippen LogP contribution in [0.1, 0.15) is 42.2 Å². The number of hydrogen-bond donors (Lipinski definition) is 0. The summed E-state index contributed by atoms with van der Waals surface area (Å²) in [4.78, 5) is 0. The van der Waals surface area contributed by atoms with E-state index in [1.54, 1.807) is 0 Å². The highest BCUT2D eigenvalue weighted by atomic mass is 35.5. The molecule has 0 aliphatic heterocycles. The zero-order valence-electron chi connectivity index (χ0n) is 11.8. The van der Waals surface area contributed by atoms with Crippen LogP contribution in [0.5, 0.6) is 0 Å². The Morgan fingerprint density at radius 3 is 2.76 bits per heavy atom. The summed E-state index contributed by atoms with van der Waals surface area (Å²) in [6.45, 7) is -1.02. The summed E-state index contributed by atoms with van der Waals surface area (Å²) in [6, 6.07) is 8.18. The van der Waals surface area contributed by atoms with Crippen LogP contribution < -0.4 is 0 Å². The molecular weight excluding hydrogens is 301 g/mol. The molecule has 0 fully saturated rings. The quantitative estimate of drug-likeness (QED) is 0.407. The van der Waals surface area contributed by atoms with Gasteiger partial charge in [-0.05, 0) is 49.1 Å². The van der Waals surface area contributed by atoms with Crippen LogP contribution >= 0.6 is 11.6 Å². The molecule has 1 aromatic carbocycles. The van der Waals surface area contributed by atoms with Gasteiger partial charge in [-0.15, -0.1) is 11.6 Å². The summed E-state index contributed by atoms with van der Waals surface area (Å²) in [5.41, 5.74) is 2.48. The van der Waals surface area contributed by atoms with Crippen LogP contribution in [0.2, 0.25) is 0 Å². The summed E-state index contributed by atoms with van der Waals surface area (Å²) in [5.74, 6) is 0.310. The Balaban J connectivity index is 1.81. The van der Waals surface area contributed by atoms with E-state index in [-0.39, 0.29) is 12.0 Å². The Labute approximate surface area is 128 Å². The van der Waals surface area contributed by atoms with Crippen molar-refractivity contribution in [2.45, 2.75) is 43.7 Å². The highest BCUT2D eigenvalue weighted by Gasteiger charge is 2.28. The average Bonchev–Trinajstić information content (AvgIpc) is 2.58. The first kappa shape index (κ1) is 16.6. The Morgan fingerprint density at radius 1 is 1.24 bits per heavy atom. The largest absolute Gasteiger partial charge is 0.411 e. The highest BCUT2D eigenvalue weighted by molar-refractivity contribution is 6.21. The fourth-order valence-electron chi connectivity index (χ4n) is 2.91. The number of hydrogen-bond acceptors (Lipinski definition) is 1. The van der Waals surface area contributed by atoms with Gasteiger partial charge in [0.25, 0.3) is 0 Å². The van der Waals surface area contributed by atoms with Gasteiger partial charge in [0.2, 0.25) is 0 Å². The molecule has 2 atom stereocenters. The Kier molecular flexibility index (Phi) is 5.94. The van der Waals surface area contributed by atoms with E-state index in [0.29, 0.717) is 12.3 Å². The third kappa shape index (κ3) is 5.19. The molecule has 0 radical (unpaired) electrons. The van der Waals surface area contributed by atoms with E-state index in [9.17, 15) is 13.2 Å². The van der Waals surface area contributed by atoms with Gasteiger partial charge in [0.05, 0.1) is 5.38 Å². The minimum Gasteiger partial charge on any atom is -0.372 e. The second-order valence-electron chi connectivity index (χ2n) is 5.56. The van der Waals surface area contributed by atoms with Crippen LogP contribution in [0.15, 0.2) is 24.3 Å². The van der Waals surface area contributed by atoms with Crippen molar-refractivity contribution in [2.75, 3.05) is 13.2 Å². The van der Waals surface area contributed by atoms with E-state index < -0.39 is 12.8 Å². The molecule has 0 heterocycles. The number of halogens is 4. The average molecular weight is 321 g/mol. The maximum Gasteiger partial charge on any atom is 0.411 e. The monoisotopic (exact) mass is 320 g/mol. The van der Waals surface area contributed by atoms with Gasteiger partial charge >= 0.3 is 6.18 Å². The van der Waals surface area contributed by atoms with Crippen molar-refractivity contribution in [2.24, 2.45) is 5.92 Å². The number of fused-ring (bicyclic) bond motifs is 1. The van der Waals surface area contributed by atoms with Gasteiger partial charge in [0, 0.05) is 6.61 Å². The number of ether oxygens (including phenoxy) is 1. The Bertz CT molecular complexity index is 447. The summed E-state index contributed by atoms with van der Waals surface area (Å²) in [5, 5.41) is -0.0497. The van der Waals surface area contributed by atoms with Crippen LogP contribution in [0.4, 0.5) is 13.2 Å². The van der Waals surface area contributed by atoms with Crippen molar-refractivity contribution in [3.8, 4) is 0 Å². The normalized spacial score (nSPS) is 22.7. The van der Waals surface area contributed by atoms with E-state index in [2.05, 4.69) is 16.9 Å². The fraction of sp³-hybridized carbons (Fsp3) is 0.625. The van der Waals surface area contributed by atoms with E-state index in [1.165, 1.54) is 11.1 Å². The lowest BCUT2D eigenvalue weighted by atomic mass is 9.92. The molecule has 0 N–H and O–H groups in total. The van der Waals surface area contributed by atoms with Crippen molar-refractivity contribution >= 4 is 11.6 Å². The van der Waals surface area contributed by atoms with Gasteiger partial charge in [-0.2, -0.15) is 13.2 Å². The Morgan fingerprint density at radius 2 is 2.00 bits per heavy atom. The molecule has 2 unspecified atom stereocenters. The van der Waals surface area contributed by atoms with Crippen molar-refractivity contribution in [3.63, 3.8) is 0 Å². The molecular formula is C16H20ClF3O. The van der Waals surface area contributed by atoms with E-state index in [4.69, 9.17) is 11.6 Å². The maximum atomic E-state index is 12.0. The van der Waals surface area contributed by atoms with Gasteiger partial charge in [-0.25, -0.2) is 0 Å². The molecule has 1 aliphatic carbocycles. The molecule has 0 bridgehead atoms. The third-order valence-electron chi connectivity index (χ3n) is 3.92. The minimum absolute atomic E-state index is 0.0497. The first-order chi connectivity index (χ1) is 9.97. The van der Waals surface area contributed by atoms with Crippen molar-refractivity contribution in [1.82, 2.24) is 0 Å². The van der Waals surface area contributed by atoms with Gasteiger partial charge in [-0.3, -0.25) is 0 Å². The SMILES string of the molecule is FC(F)(F)COCCCC1CCCc2ccccc2C1Cl. The molecule has 0 aromatic heterocycles. The molecule has 2 rings (SSSR count). The first-order valence-electron chi connectivity index (χ1n) is 7.34. The van der Waals surface area contributed by atoms with Crippen LogP contribution in [0.25, 0.3) is 0 Å². The summed E-state index contributed by atoms with van der Waals surface area (Å²) >= 11 is 6.58. The minimum atomic E-state index is -4.24. The summed E-state index contributed by atoms with van der Waals surface area (Å²) < 4.78 is 40.6. The topological polar surface area (TPSA) is 9.23 Å². The molecule has 1 nitrogen and oxygen atoms in total. The van der Waals surface area contributed by atoms with Gasteiger partial charge in [0.1, 0.15) is 6.61 Å². The summed E-state index contributed by atoms with van der Waals surface area (Å²) in [6.07, 6.45) is 0.305. The van der Waals surface area contributed by atoms with Crippen molar-refractivity contribution in [3.05, 3.63) is 35.4 Å². The van der Waals surface area contributed by atoms with Gasteiger partial charge in [-0.1, -0.05) is 24.3 Å². The number of alkyl halides is 4. The molecule has 1 aromatic rings. The molecule has 0 spiro atoms. The van der Waals surface area contributed by atoms with Crippen molar-refractivity contribution in [1.29, 1.82) is 0 Å². The lowest BCUT2D eigenvalue weighted by Crippen LogP contribution is -2.17. The third-order valence-corrected chi connectivity index (χ3v) is 4.51.